The quantitative estimate of drug-likeness (QED) is 0.813. The summed E-state index contributed by atoms with van der Waals surface area (Å²) < 4.78 is 5.30. The third kappa shape index (κ3) is 3.43. The van der Waals surface area contributed by atoms with Gasteiger partial charge in [-0.3, -0.25) is 4.90 Å². The fourth-order valence-electron chi connectivity index (χ4n) is 2.14. The van der Waals surface area contributed by atoms with E-state index in [0.29, 0.717) is 0 Å². The lowest BCUT2D eigenvalue weighted by Gasteiger charge is -2.30. The van der Waals surface area contributed by atoms with Crippen LogP contribution in [-0.4, -0.2) is 54.6 Å². The Labute approximate surface area is 101 Å². The number of hydrogen-bond acceptors (Lipinski definition) is 4. The molecule has 0 saturated carbocycles. The number of rotatable bonds is 4. The van der Waals surface area contributed by atoms with Crippen molar-refractivity contribution in [3.05, 3.63) is 29.8 Å². The molecule has 0 amide bonds. The van der Waals surface area contributed by atoms with Crippen molar-refractivity contribution in [2.75, 3.05) is 39.5 Å². The second-order valence-corrected chi connectivity index (χ2v) is 4.39. The molecule has 1 fully saturated rings. The molecular formula is C13H19NO3. The van der Waals surface area contributed by atoms with E-state index in [9.17, 15) is 10.2 Å². The Morgan fingerprint density at radius 3 is 2.71 bits per heavy atom. The maximum absolute atomic E-state index is 9.46. The summed E-state index contributed by atoms with van der Waals surface area (Å²) in [5.74, 6) is 0.308. The van der Waals surface area contributed by atoms with Crippen LogP contribution in [0.15, 0.2) is 24.3 Å². The Morgan fingerprint density at radius 1 is 1.29 bits per heavy atom. The zero-order valence-corrected chi connectivity index (χ0v) is 9.88. The standard InChI is InChI=1S/C13H19NO3/c15-10-12(9-14-4-6-17-7-5-14)11-2-1-3-13(16)8-11/h1-3,8,12,15-16H,4-7,9-10H2. The molecule has 1 saturated heterocycles. The van der Waals surface area contributed by atoms with E-state index in [4.69, 9.17) is 4.74 Å². The number of phenols is 1. The topological polar surface area (TPSA) is 52.9 Å². The molecule has 94 valence electrons. The van der Waals surface area contributed by atoms with E-state index in [1.807, 2.05) is 12.1 Å². The molecule has 1 aliphatic heterocycles. The monoisotopic (exact) mass is 237 g/mol. The van der Waals surface area contributed by atoms with E-state index in [-0.39, 0.29) is 18.3 Å². The van der Waals surface area contributed by atoms with Crippen LogP contribution in [0.4, 0.5) is 0 Å². The lowest BCUT2D eigenvalue weighted by molar-refractivity contribution is 0.0319. The molecule has 4 nitrogen and oxygen atoms in total. The van der Waals surface area contributed by atoms with Gasteiger partial charge in [-0.1, -0.05) is 12.1 Å². The lowest BCUT2D eigenvalue weighted by atomic mass is 9.99. The number of benzene rings is 1. The Kier molecular flexibility index (Phi) is 4.36. The highest BCUT2D eigenvalue weighted by molar-refractivity contribution is 5.30. The van der Waals surface area contributed by atoms with Gasteiger partial charge in [-0.15, -0.1) is 0 Å². The number of aliphatic hydroxyl groups excluding tert-OH is 1. The summed E-state index contributed by atoms with van der Waals surface area (Å²) in [6, 6.07) is 7.13. The summed E-state index contributed by atoms with van der Waals surface area (Å²) in [6.45, 7) is 4.26. The molecular weight excluding hydrogens is 218 g/mol. The van der Waals surface area contributed by atoms with Gasteiger partial charge < -0.3 is 14.9 Å². The van der Waals surface area contributed by atoms with Crippen LogP contribution in [0.5, 0.6) is 5.75 Å². The predicted molar refractivity (Wildman–Crippen MR) is 65.2 cm³/mol. The largest absolute Gasteiger partial charge is 0.508 e. The van der Waals surface area contributed by atoms with Gasteiger partial charge in [0.2, 0.25) is 0 Å². The Bertz CT molecular complexity index is 350. The zero-order chi connectivity index (χ0) is 12.1. The third-order valence-corrected chi connectivity index (χ3v) is 3.14. The van der Waals surface area contributed by atoms with Crippen molar-refractivity contribution >= 4 is 0 Å². The zero-order valence-electron chi connectivity index (χ0n) is 9.88. The minimum absolute atomic E-state index is 0.0557. The minimum Gasteiger partial charge on any atom is -0.508 e. The van der Waals surface area contributed by atoms with E-state index < -0.39 is 0 Å². The van der Waals surface area contributed by atoms with Gasteiger partial charge in [0, 0.05) is 25.6 Å². The van der Waals surface area contributed by atoms with Crippen molar-refractivity contribution in [2.45, 2.75) is 5.92 Å². The highest BCUT2D eigenvalue weighted by atomic mass is 16.5. The molecule has 0 bridgehead atoms. The first-order valence-electron chi connectivity index (χ1n) is 5.99. The first kappa shape index (κ1) is 12.4. The molecule has 2 rings (SSSR count). The van der Waals surface area contributed by atoms with Gasteiger partial charge in [0.05, 0.1) is 19.8 Å². The smallest absolute Gasteiger partial charge is 0.115 e. The van der Waals surface area contributed by atoms with Gasteiger partial charge >= 0.3 is 0 Å². The van der Waals surface area contributed by atoms with Crippen LogP contribution in [0, 0.1) is 0 Å². The molecule has 0 aromatic heterocycles. The number of ether oxygens (including phenoxy) is 1. The Morgan fingerprint density at radius 2 is 2.06 bits per heavy atom. The highest BCUT2D eigenvalue weighted by Crippen LogP contribution is 2.21. The summed E-state index contributed by atoms with van der Waals surface area (Å²) in [6.07, 6.45) is 0. The molecule has 1 unspecified atom stereocenters. The van der Waals surface area contributed by atoms with Crippen LogP contribution >= 0.6 is 0 Å². The molecule has 0 aliphatic carbocycles. The molecule has 4 heteroatoms. The first-order valence-corrected chi connectivity index (χ1v) is 5.99. The first-order chi connectivity index (χ1) is 8.29. The van der Waals surface area contributed by atoms with E-state index in [1.54, 1.807) is 12.1 Å². The van der Waals surface area contributed by atoms with E-state index in [0.717, 1.165) is 38.4 Å². The number of aliphatic hydroxyl groups is 1. The summed E-state index contributed by atoms with van der Waals surface area (Å²) in [4.78, 5) is 2.29. The van der Waals surface area contributed by atoms with Gasteiger partial charge in [0.25, 0.3) is 0 Å². The van der Waals surface area contributed by atoms with Crippen molar-refractivity contribution in [1.82, 2.24) is 4.90 Å². The molecule has 1 heterocycles. The fourth-order valence-corrected chi connectivity index (χ4v) is 2.14. The second-order valence-electron chi connectivity index (χ2n) is 4.39. The van der Waals surface area contributed by atoms with Crippen LogP contribution in [0.1, 0.15) is 11.5 Å². The average molecular weight is 237 g/mol. The van der Waals surface area contributed by atoms with Crippen LogP contribution in [0.2, 0.25) is 0 Å². The number of nitrogens with zero attached hydrogens (tertiary/aromatic N) is 1. The Balaban J connectivity index is 2.00. The predicted octanol–water partition coefficient (Wildman–Crippen LogP) is 0.800. The molecule has 2 N–H and O–H groups in total. The van der Waals surface area contributed by atoms with Crippen molar-refractivity contribution in [2.24, 2.45) is 0 Å². The van der Waals surface area contributed by atoms with Gasteiger partial charge in [0.15, 0.2) is 0 Å². The number of phenolic OH excluding ortho intramolecular Hbond substituents is 1. The third-order valence-electron chi connectivity index (χ3n) is 3.14. The molecule has 17 heavy (non-hydrogen) atoms. The van der Waals surface area contributed by atoms with Crippen molar-refractivity contribution in [1.29, 1.82) is 0 Å². The molecule has 0 radical (unpaired) electrons. The van der Waals surface area contributed by atoms with Gasteiger partial charge in [-0.2, -0.15) is 0 Å². The van der Waals surface area contributed by atoms with Crippen LogP contribution in [0.25, 0.3) is 0 Å². The number of hydrogen-bond donors (Lipinski definition) is 2. The molecule has 1 aromatic carbocycles. The highest BCUT2D eigenvalue weighted by Gasteiger charge is 2.17. The summed E-state index contributed by atoms with van der Waals surface area (Å²) in [5, 5.41) is 18.9. The van der Waals surface area contributed by atoms with E-state index in [1.165, 1.54) is 0 Å². The SMILES string of the molecule is OCC(CN1CCOCC1)c1cccc(O)c1. The van der Waals surface area contributed by atoms with E-state index >= 15 is 0 Å². The normalized spacial score (nSPS) is 19.1. The van der Waals surface area contributed by atoms with Gasteiger partial charge in [0.1, 0.15) is 5.75 Å². The maximum Gasteiger partial charge on any atom is 0.115 e. The summed E-state index contributed by atoms with van der Waals surface area (Å²) >= 11 is 0. The number of aromatic hydroxyl groups is 1. The molecule has 1 aromatic rings. The van der Waals surface area contributed by atoms with Crippen molar-refractivity contribution < 1.29 is 14.9 Å². The molecule has 0 spiro atoms. The molecule has 1 aliphatic rings. The van der Waals surface area contributed by atoms with Gasteiger partial charge in [-0.25, -0.2) is 0 Å². The van der Waals surface area contributed by atoms with Crippen LogP contribution in [-0.2, 0) is 4.74 Å². The summed E-state index contributed by atoms with van der Waals surface area (Å²) in [5.41, 5.74) is 0.985. The van der Waals surface area contributed by atoms with Crippen molar-refractivity contribution in [3.8, 4) is 5.75 Å². The lowest BCUT2D eigenvalue weighted by Crippen LogP contribution is -2.39. The fraction of sp³-hybridized carbons (Fsp3) is 0.538. The van der Waals surface area contributed by atoms with Gasteiger partial charge in [-0.05, 0) is 17.7 Å². The maximum atomic E-state index is 9.46. The molecule has 1 atom stereocenters. The summed E-state index contributed by atoms with van der Waals surface area (Å²) in [7, 11) is 0. The van der Waals surface area contributed by atoms with Crippen LogP contribution < -0.4 is 0 Å². The second kappa shape index (κ2) is 6.00. The Hall–Kier alpha value is -1.10. The van der Waals surface area contributed by atoms with E-state index in [2.05, 4.69) is 4.90 Å². The van der Waals surface area contributed by atoms with Crippen LogP contribution in [0.3, 0.4) is 0 Å². The van der Waals surface area contributed by atoms with Crippen molar-refractivity contribution in [3.63, 3.8) is 0 Å². The average Bonchev–Trinajstić information content (AvgIpc) is 2.37. The number of morpholine rings is 1. The minimum atomic E-state index is 0.0557.